The Morgan fingerprint density at radius 1 is 0.875 bits per heavy atom. The SMILES string of the molecule is CCN(CC)c1ccc2cc(C(=O)N3CCN(C(=O)/C=C/c4cc(OC)c(OC)cc4OC)CC3)c(=O)oc2c1. The van der Waals surface area contributed by atoms with Crippen LogP contribution in [0.25, 0.3) is 17.0 Å². The molecule has 0 bridgehead atoms. The van der Waals surface area contributed by atoms with E-state index in [1.807, 2.05) is 18.2 Å². The van der Waals surface area contributed by atoms with E-state index in [1.54, 1.807) is 34.1 Å². The van der Waals surface area contributed by atoms with Gasteiger partial charge in [-0.1, -0.05) is 0 Å². The van der Waals surface area contributed by atoms with Gasteiger partial charge in [0.05, 0.1) is 21.3 Å². The van der Waals surface area contributed by atoms with Crippen LogP contribution >= 0.6 is 0 Å². The van der Waals surface area contributed by atoms with Crippen LogP contribution in [-0.4, -0.2) is 82.2 Å². The van der Waals surface area contributed by atoms with E-state index in [1.165, 1.54) is 27.4 Å². The van der Waals surface area contributed by atoms with Crippen LogP contribution < -0.4 is 24.7 Å². The van der Waals surface area contributed by atoms with Crippen molar-refractivity contribution in [2.45, 2.75) is 13.8 Å². The highest BCUT2D eigenvalue weighted by Crippen LogP contribution is 2.35. The van der Waals surface area contributed by atoms with Crippen molar-refractivity contribution < 1.29 is 28.2 Å². The molecule has 0 unspecified atom stereocenters. The van der Waals surface area contributed by atoms with Crippen molar-refractivity contribution in [1.29, 1.82) is 0 Å². The third kappa shape index (κ3) is 5.90. The molecule has 10 heteroatoms. The van der Waals surface area contributed by atoms with Gasteiger partial charge in [0, 0.05) is 74.1 Å². The maximum Gasteiger partial charge on any atom is 0.349 e. The molecular weight excluding hydrogens is 514 g/mol. The number of fused-ring (bicyclic) bond motifs is 1. The van der Waals surface area contributed by atoms with Crippen molar-refractivity contribution in [1.82, 2.24) is 9.80 Å². The molecular formula is C30H35N3O7. The highest BCUT2D eigenvalue weighted by molar-refractivity contribution is 5.97. The van der Waals surface area contributed by atoms with Crippen molar-refractivity contribution >= 4 is 34.5 Å². The number of rotatable bonds is 9. The van der Waals surface area contributed by atoms with Gasteiger partial charge in [-0.3, -0.25) is 9.59 Å². The van der Waals surface area contributed by atoms with Crippen molar-refractivity contribution in [3.63, 3.8) is 0 Å². The Labute approximate surface area is 233 Å². The van der Waals surface area contributed by atoms with E-state index in [9.17, 15) is 14.4 Å². The number of ether oxygens (including phenoxy) is 3. The quantitative estimate of drug-likeness (QED) is 0.294. The van der Waals surface area contributed by atoms with Gasteiger partial charge in [-0.05, 0) is 44.2 Å². The Bertz CT molecular complexity index is 1470. The predicted molar refractivity (Wildman–Crippen MR) is 154 cm³/mol. The van der Waals surface area contributed by atoms with E-state index >= 15 is 0 Å². The summed E-state index contributed by atoms with van der Waals surface area (Å²) in [5.74, 6) is 0.980. The Morgan fingerprint density at radius 3 is 2.12 bits per heavy atom. The summed E-state index contributed by atoms with van der Waals surface area (Å²) in [6, 6.07) is 10.7. The summed E-state index contributed by atoms with van der Waals surface area (Å²) < 4.78 is 21.6. The van der Waals surface area contributed by atoms with Crippen molar-refractivity contribution in [3.05, 3.63) is 64.0 Å². The molecule has 3 aromatic rings. The average Bonchev–Trinajstić information content (AvgIpc) is 2.99. The molecule has 2 amide bonds. The third-order valence-corrected chi connectivity index (χ3v) is 7.10. The lowest BCUT2D eigenvalue weighted by atomic mass is 10.1. The molecule has 212 valence electrons. The summed E-state index contributed by atoms with van der Waals surface area (Å²) in [5, 5.41) is 0.684. The number of anilines is 1. The second-order valence-corrected chi connectivity index (χ2v) is 9.24. The van der Waals surface area contributed by atoms with E-state index in [2.05, 4.69) is 18.7 Å². The fourth-order valence-electron chi connectivity index (χ4n) is 4.78. The normalized spacial score (nSPS) is 13.5. The summed E-state index contributed by atoms with van der Waals surface area (Å²) in [6.07, 6.45) is 3.12. The van der Waals surface area contributed by atoms with Crippen LogP contribution in [0.3, 0.4) is 0 Å². The number of carbonyl (C=O) groups is 2. The Morgan fingerprint density at radius 2 is 1.50 bits per heavy atom. The van der Waals surface area contributed by atoms with Crippen molar-refractivity contribution in [2.24, 2.45) is 0 Å². The highest BCUT2D eigenvalue weighted by Gasteiger charge is 2.26. The van der Waals surface area contributed by atoms with Gasteiger partial charge in [0.2, 0.25) is 5.91 Å². The Balaban J connectivity index is 1.43. The number of nitrogens with zero attached hydrogens (tertiary/aromatic N) is 3. The molecule has 0 N–H and O–H groups in total. The van der Waals surface area contributed by atoms with Crippen LogP contribution in [0.15, 0.2) is 51.7 Å². The molecule has 1 aliphatic rings. The van der Waals surface area contributed by atoms with Gasteiger partial charge in [0.15, 0.2) is 11.5 Å². The minimum Gasteiger partial charge on any atom is -0.496 e. The zero-order valence-corrected chi connectivity index (χ0v) is 23.6. The third-order valence-electron chi connectivity index (χ3n) is 7.10. The minimum atomic E-state index is -0.667. The molecule has 2 heterocycles. The monoisotopic (exact) mass is 549 g/mol. The van der Waals surface area contributed by atoms with Crippen molar-refractivity contribution in [3.8, 4) is 17.2 Å². The smallest absolute Gasteiger partial charge is 0.349 e. The number of hydrogen-bond donors (Lipinski definition) is 0. The maximum atomic E-state index is 13.2. The first kappa shape index (κ1) is 28.5. The van der Waals surface area contributed by atoms with Gasteiger partial charge in [-0.25, -0.2) is 4.79 Å². The number of methoxy groups -OCH3 is 3. The van der Waals surface area contributed by atoms with Crippen LogP contribution in [0.5, 0.6) is 17.2 Å². The minimum absolute atomic E-state index is 0.0108. The molecule has 0 aliphatic carbocycles. The van der Waals surface area contributed by atoms with E-state index in [-0.39, 0.29) is 11.5 Å². The molecule has 0 saturated carbocycles. The second-order valence-electron chi connectivity index (χ2n) is 9.24. The highest BCUT2D eigenvalue weighted by atomic mass is 16.5. The van der Waals surface area contributed by atoms with E-state index in [4.69, 9.17) is 18.6 Å². The molecule has 1 aromatic heterocycles. The summed E-state index contributed by atoms with van der Waals surface area (Å²) >= 11 is 0. The zero-order chi connectivity index (χ0) is 28.8. The lowest BCUT2D eigenvalue weighted by molar-refractivity contribution is -0.127. The first-order chi connectivity index (χ1) is 19.3. The van der Waals surface area contributed by atoms with Crippen LogP contribution in [0, 0.1) is 0 Å². The standard InChI is InChI=1S/C30H35N3O7/c1-6-31(7-2)22-10-8-20-16-23(30(36)40-25(20)18-22)29(35)33-14-12-32(13-15-33)28(34)11-9-21-17-26(38-4)27(39-5)19-24(21)37-3/h8-11,16-19H,6-7,12-15H2,1-5H3/b11-9+. The molecule has 0 spiro atoms. The maximum absolute atomic E-state index is 13.2. The molecule has 10 nitrogen and oxygen atoms in total. The molecule has 1 aliphatic heterocycles. The molecule has 0 radical (unpaired) electrons. The summed E-state index contributed by atoms with van der Waals surface area (Å²) in [4.78, 5) is 44.2. The molecule has 2 aromatic carbocycles. The first-order valence-corrected chi connectivity index (χ1v) is 13.2. The van der Waals surface area contributed by atoms with E-state index < -0.39 is 11.5 Å². The number of carbonyl (C=O) groups excluding carboxylic acids is 2. The van der Waals surface area contributed by atoms with E-state index in [0.717, 1.165) is 18.8 Å². The van der Waals surface area contributed by atoms with Crippen LogP contribution in [0.2, 0.25) is 0 Å². The van der Waals surface area contributed by atoms with Crippen LogP contribution in [-0.2, 0) is 4.79 Å². The lowest BCUT2D eigenvalue weighted by Gasteiger charge is -2.34. The first-order valence-electron chi connectivity index (χ1n) is 13.2. The van der Waals surface area contributed by atoms with Crippen molar-refractivity contribution in [2.75, 3.05) is 65.5 Å². The predicted octanol–water partition coefficient (Wildman–Crippen LogP) is 3.66. The molecule has 1 saturated heterocycles. The van der Waals surface area contributed by atoms with Crippen LogP contribution in [0.4, 0.5) is 5.69 Å². The molecule has 1 fully saturated rings. The number of benzene rings is 2. The fraction of sp³-hybridized carbons (Fsp3) is 0.367. The fourth-order valence-corrected chi connectivity index (χ4v) is 4.78. The van der Waals surface area contributed by atoms with Gasteiger partial charge in [0.25, 0.3) is 5.91 Å². The Hall–Kier alpha value is -4.47. The summed E-state index contributed by atoms with van der Waals surface area (Å²) in [5.41, 5.74) is 1.38. The molecule has 0 atom stereocenters. The number of hydrogen-bond acceptors (Lipinski definition) is 8. The van der Waals surface area contributed by atoms with Gasteiger partial charge in [-0.2, -0.15) is 0 Å². The van der Waals surface area contributed by atoms with Gasteiger partial charge in [0.1, 0.15) is 16.9 Å². The number of amides is 2. The zero-order valence-electron chi connectivity index (χ0n) is 23.6. The second kappa shape index (κ2) is 12.6. The topological polar surface area (TPSA) is 102 Å². The van der Waals surface area contributed by atoms with Gasteiger partial charge in [-0.15, -0.1) is 0 Å². The molecule has 40 heavy (non-hydrogen) atoms. The number of piperazine rings is 1. The van der Waals surface area contributed by atoms with Crippen LogP contribution in [0.1, 0.15) is 29.8 Å². The summed E-state index contributed by atoms with van der Waals surface area (Å²) in [7, 11) is 4.61. The molecule has 4 rings (SSSR count). The van der Waals surface area contributed by atoms with Gasteiger partial charge >= 0.3 is 5.63 Å². The average molecular weight is 550 g/mol. The van der Waals surface area contributed by atoms with E-state index in [0.29, 0.717) is 60.0 Å². The lowest BCUT2D eigenvalue weighted by Crippen LogP contribution is -2.50. The van der Waals surface area contributed by atoms with Gasteiger partial charge < -0.3 is 33.3 Å². The summed E-state index contributed by atoms with van der Waals surface area (Å²) in [6.45, 7) is 7.06. The largest absolute Gasteiger partial charge is 0.496 e. The Kier molecular flexibility index (Phi) is 8.98.